The highest BCUT2D eigenvalue weighted by molar-refractivity contribution is 5.71. The van der Waals surface area contributed by atoms with Gasteiger partial charge in [0.2, 0.25) is 5.88 Å². The van der Waals surface area contributed by atoms with Crippen molar-refractivity contribution in [3.05, 3.63) is 17.3 Å². The van der Waals surface area contributed by atoms with Crippen molar-refractivity contribution in [3.63, 3.8) is 0 Å². The Balaban J connectivity index is 2.80. The predicted molar refractivity (Wildman–Crippen MR) is 82.3 cm³/mol. The number of nitrogens with zero attached hydrogens (tertiary/aromatic N) is 3. The minimum absolute atomic E-state index is 0.137. The molecule has 0 radical (unpaired) electrons. The van der Waals surface area contributed by atoms with E-state index in [4.69, 9.17) is 9.47 Å². The molecule has 0 spiro atoms. The molecule has 21 heavy (non-hydrogen) atoms. The molecule has 0 atom stereocenters. The summed E-state index contributed by atoms with van der Waals surface area (Å²) in [4.78, 5) is 22.0. The first kappa shape index (κ1) is 16.9. The standard InChI is InChI=1S/C15H23N3O3/c1-6-18(5)10-16-13-8-11(3)15(17-12(13)4)21-9-14(19)20-7-2/h8,10H,6-7,9H2,1-5H3/b16-10+. The summed E-state index contributed by atoms with van der Waals surface area (Å²) < 4.78 is 10.2. The average molecular weight is 293 g/mol. The molecule has 0 aliphatic heterocycles. The Labute approximate surface area is 125 Å². The third-order valence-electron chi connectivity index (χ3n) is 2.86. The summed E-state index contributed by atoms with van der Waals surface area (Å²) in [5.41, 5.74) is 2.37. The van der Waals surface area contributed by atoms with Gasteiger partial charge in [0.15, 0.2) is 6.61 Å². The van der Waals surface area contributed by atoms with Crippen LogP contribution in [0.2, 0.25) is 0 Å². The highest BCUT2D eigenvalue weighted by Gasteiger charge is 2.09. The average Bonchev–Trinajstić information content (AvgIpc) is 2.46. The number of ether oxygens (including phenoxy) is 2. The van der Waals surface area contributed by atoms with Gasteiger partial charge in [0.25, 0.3) is 0 Å². The Kier molecular flexibility index (Phi) is 6.65. The maximum atomic E-state index is 11.3. The van der Waals surface area contributed by atoms with Gasteiger partial charge in [0, 0.05) is 19.2 Å². The molecule has 0 bridgehead atoms. The van der Waals surface area contributed by atoms with E-state index in [0.29, 0.717) is 12.5 Å². The van der Waals surface area contributed by atoms with Crippen LogP contribution >= 0.6 is 0 Å². The minimum Gasteiger partial charge on any atom is -0.465 e. The molecule has 0 saturated heterocycles. The van der Waals surface area contributed by atoms with Crippen molar-refractivity contribution in [2.75, 3.05) is 26.8 Å². The minimum atomic E-state index is -0.400. The number of hydrogen-bond acceptors (Lipinski definition) is 5. The Bertz CT molecular complexity index is 515. The highest BCUT2D eigenvalue weighted by atomic mass is 16.6. The molecule has 0 amide bonds. The molecule has 0 unspecified atom stereocenters. The topological polar surface area (TPSA) is 64.0 Å². The molecule has 6 nitrogen and oxygen atoms in total. The van der Waals surface area contributed by atoms with Crippen LogP contribution < -0.4 is 4.74 Å². The van der Waals surface area contributed by atoms with Gasteiger partial charge in [-0.2, -0.15) is 0 Å². The van der Waals surface area contributed by atoms with Gasteiger partial charge >= 0.3 is 5.97 Å². The lowest BCUT2D eigenvalue weighted by Crippen LogP contribution is -2.16. The summed E-state index contributed by atoms with van der Waals surface area (Å²) in [7, 11) is 1.95. The van der Waals surface area contributed by atoms with Crippen LogP contribution in [-0.4, -0.2) is 49.0 Å². The van der Waals surface area contributed by atoms with E-state index >= 15 is 0 Å². The van der Waals surface area contributed by atoms with Crippen molar-refractivity contribution in [2.45, 2.75) is 27.7 Å². The van der Waals surface area contributed by atoms with Gasteiger partial charge in [-0.1, -0.05) is 0 Å². The van der Waals surface area contributed by atoms with Gasteiger partial charge < -0.3 is 14.4 Å². The lowest BCUT2D eigenvalue weighted by molar-refractivity contribution is -0.145. The Hall–Kier alpha value is -2.11. The number of aryl methyl sites for hydroxylation is 2. The van der Waals surface area contributed by atoms with Crippen LogP contribution in [0.15, 0.2) is 11.1 Å². The number of carbonyl (C=O) groups is 1. The fourth-order valence-corrected chi connectivity index (χ4v) is 1.52. The maximum absolute atomic E-state index is 11.3. The van der Waals surface area contributed by atoms with E-state index < -0.39 is 5.97 Å². The Morgan fingerprint density at radius 1 is 1.43 bits per heavy atom. The van der Waals surface area contributed by atoms with Crippen LogP contribution in [-0.2, 0) is 9.53 Å². The van der Waals surface area contributed by atoms with Crippen molar-refractivity contribution in [1.29, 1.82) is 0 Å². The third-order valence-corrected chi connectivity index (χ3v) is 2.86. The van der Waals surface area contributed by atoms with E-state index in [1.165, 1.54) is 0 Å². The molecule has 6 heteroatoms. The second kappa shape index (κ2) is 8.24. The predicted octanol–water partition coefficient (Wildman–Crippen LogP) is 2.25. The zero-order valence-corrected chi connectivity index (χ0v) is 13.3. The van der Waals surface area contributed by atoms with Gasteiger partial charge in [-0.25, -0.2) is 14.8 Å². The first-order chi connectivity index (χ1) is 9.97. The number of rotatable bonds is 7. The van der Waals surface area contributed by atoms with Crippen LogP contribution in [0.4, 0.5) is 5.69 Å². The fourth-order valence-electron chi connectivity index (χ4n) is 1.52. The largest absolute Gasteiger partial charge is 0.465 e. The molecule has 0 aliphatic carbocycles. The second-order valence-electron chi connectivity index (χ2n) is 4.63. The van der Waals surface area contributed by atoms with Crippen LogP contribution in [0, 0.1) is 13.8 Å². The van der Waals surface area contributed by atoms with Gasteiger partial charge in [0.1, 0.15) is 0 Å². The SMILES string of the molecule is CCOC(=O)COc1nc(C)c(/N=C/N(C)CC)cc1C. The summed E-state index contributed by atoms with van der Waals surface area (Å²) in [6, 6.07) is 1.89. The number of aromatic nitrogens is 1. The van der Waals surface area contributed by atoms with E-state index in [0.717, 1.165) is 23.5 Å². The summed E-state index contributed by atoms with van der Waals surface area (Å²) >= 11 is 0. The molecule has 0 N–H and O–H groups in total. The molecular weight excluding hydrogens is 270 g/mol. The number of hydrogen-bond donors (Lipinski definition) is 0. The zero-order chi connectivity index (χ0) is 15.8. The quantitative estimate of drug-likeness (QED) is 0.438. The molecule has 1 rings (SSSR count). The summed E-state index contributed by atoms with van der Waals surface area (Å²) in [5.74, 6) is 0.0337. The molecule has 1 heterocycles. The number of pyridine rings is 1. The smallest absolute Gasteiger partial charge is 0.344 e. The second-order valence-corrected chi connectivity index (χ2v) is 4.63. The summed E-state index contributed by atoms with van der Waals surface area (Å²) in [6.45, 7) is 8.62. The third kappa shape index (κ3) is 5.41. The van der Waals surface area contributed by atoms with E-state index in [1.807, 2.05) is 31.9 Å². The Morgan fingerprint density at radius 3 is 2.76 bits per heavy atom. The lowest BCUT2D eigenvalue weighted by atomic mass is 10.2. The van der Waals surface area contributed by atoms with Crippen molar-refractivity contribution in [2.24, 2.45) is 4.99 Å². The molecule has 1 aromatic heterocycles. The number of carbonyl (C=O) groups excluding carboxylic acids is 1. The van der Waals surface area contributed by atoms with Gasteiger partial charge in [-0.05, 0) is 33.8 Å². The van der Waals surface area contributed by atoms with Crippen molar-refractivity contribution in [1.82, 2.24) is 9.88 Å². The monoisotopic (exact) mass is 293 g/mol. The number of esters is 1. The first-order valence-electron chi connectivity index (χ1n) is 6.99. The maximum Gasteiger partial charge on any atom is 0.344 e. The van der Waals surface area contributed by atoms with Gasteiger partial charge in [0.05, 0.1) is 24.3 Å². The molecule has 116 valence electrons. The van der Waals surface area contributed by atoms with Crippen molar-refractivity contribution < 1.29 is 14.3 Å². The fraction of sp³-hybridized carbons (Fsp3) is 0.533. The van der Waals surface area contributed by atoms with E-state index in [1.54, 1.807) is 13.3 Å². The molecule has 0 saturated carbocycles. The van der Waals surface area contributed by atoms with Crippen LogP contribution in [0.1, 0.15) is 25.1 Å². The van der Waals surface area contributed by atoms with E-state index in [-0.39, 0.29) is 6.61 Å². The van der Waals surface area contributed by atoms with E-state index in [2.05, 4.69) is 16.9 Å². The van der Waals surface area contributed by atoms with Gasteiger partial charge in [-0.15, -0.1) is 0 Å². The molecule has 0 aliphatic rings. The van der Waals surface area contributed by atoms with Crippen LogP contribution in [0.5, 0.6) is 5.88 Å². The van der Waals surface area contributed by atoms with E-state index in [9.17, 15) is 4.79 Å². The zero-order valence-electron chi connectivity index (χ0n) is 13.3. The van der Waals surface area contributed by atoms with Crippen LogP contribution in [0.25, 0.3) is 0 Å². The normalized spacial score (nSPS) is 10.7. The molecule has 0 aromatic carbocycles. The summed E-state index contributed by atoms with van der Waals surface area (Å²) in [6.07, 6.45) is 1.77. The number of aliphatic imine (C=N–C) groups is 1. The van der Waals surface area contributed by atoms with Gasteiger partial charge in [-0.3, -0.25) is 0 Å². The van der Waals surface area contributed by atoms with Crippen LogP contribution in [0.3, 0.4) is 0 Å². The highest BCUT2D eigenvalue weighted by Crippen LogP contribution is 2.24. The van der Waals surface area contributed by atoms with Crippen molar-refractivity contribution in [3.8, 4) is 5.88 Å². The first-order valence-corrected chi connectivity index (χ1v) is 6.99. The molecule has 0 fully saturated rings. The van der Waals surface area contributed by atoms with Crippen molar-refractivity contribution >= 4 is 18.0 Å². The molecule has 1 aromatic rings. The Morgan fingerprint density at radius 2 is 2.14 bits per heavy atom. The summed E-state index contributed by atoms with van der Waals surface area (Å²) in [5, 5.41) is 0. The molecular formula is C15H23N3O3. The lowest BCUT2D eigenvalue weighted by Gasteiger charge is -2.11.